The second-order valence-corrected chi connectivity index (χ2v) is 8.60. The van der Waals surface area contributed by atoms with Crippen LogP contribution in [-0.4, -0.2) is 5.16 Å². The summed E-state index contributed by atoms with van der Waals surface area (Å²) in [6.07, 6.45) is 4.28. The van der Waals surface area contributed by atoms with Crippen molar-refractivity contribution >= 4 is 34.4 Å². The molecule has 3 aromatic carbocycles. The molecule has 1 aliphatic carbocycles. The van der Waals surface area contributed by atoms with Gasteiger partial charge in [0.25, 0.3) is 0 Å². The van der Waals surface area contributed by atoms with Gasteiger partial charge in [0.05, 0.1) is 22.1 Å². The van der Waals surface area contributed by atoms with Crippen LogP contribution >= 0.6 is 12.2 Å². The summed E-state index contributed by atoms with van der Waals surface area (Å²) in [4.78, 5) is 3.84. The van der Waals surface area contributed by atoms with Gasteiger partial charge in [0.15, 0.2) is 5.82 Å². The van der Waals surface area contributed by atoms with Crippen LogP contribution in [0.2, 0.25) is 0 Å². The maximum Gasteiger partial charge on any atom is 0.151 e. The fraction of sp³-hybridized carbons (Fsp3) is 0.250. The smallest absolute Gasteiger partial charge is 0.151 e. The Labute approximate surface area is 207 Å². The topological polar surface area (TPSA) is 37.1 Å². The van der Waals surface area contributed by atoms with Crippen LogP contribution in [0.15, 0.2) is 63.8 Å². The quantitative estimate of drug-likeness (QED) is 0.153. The van der Waals surface area contributed by atoms with Gasteiger partial charge in [-0.3, -0.25) is 0 Å². The molecule has 0 radical (unpaired) electrons. The number of halogens is 3. The van der Waals surface area contributed by atoms with Crippen LogP contribution < -0.4 is 0 Å². The SMILES string of the molecule is CCCC1CCc2c(cc(F)c(C#Cc3ccc(N=Nc4ccc(N=C=S)cc4)c(F)c3)c2F)C1. The number of nitrogens with zero attached hydrogens (tertiary/aromatic N) is 3. The molecule has 0 saturated carbocycles. The predicted octanol–water partition coefficient (Wildman–Crippen LogP) is 8.56. The summed E-state index contributed by atoms with van der Waals surface area (Å²) in [5, 5.41) is 10.2. The first-order valence-corrected chi connectivity index (χ1v) is 11.8. The standard InChI is InChI=1S/C28H22F3N3S/c1-2-3-18-4-11-23-20(14-18)16-25(29)24(28(23)31)12-5-19-6-13-27(26(30)15-19)34-33-22-9-7-21(8-10-22)32-17-35/h6-10,13,15-16,18H,2-4,11,14H2,1H3. The van der Waals surface area contributed by atoms with Crippen LogP contribution in [-0.2, 0) is 12.8 Å². The van der Waals surface area contributed by atoms with Crippen molar-refractivity contribution in [2.45, 2.75) is 39.0 Å². The highest BCUT2D eigenvalue weighted by Gasteiger charge is 2.24. The van der Waals surface area contributed by atoms with Crippen molar-refractivity contribution in [2.24, 2.45) is 21.1 Å². The number of aliphatic imine (C=N–C) groups is 1. The maximum atomic E-state index is 15.0. The van der Waals surface area contributed by atoms with Crippen LogP contribution in [0.1, 0.15) is 48.4 Å². The molecule has 1 aliphatic rings. The van der Waals surface area contributed by atoms with Crippen molar-refractivity contribution in [3.63, 3.8) is 0 Å². The Bertz CT molecular complexity index is 1380. The van der Waals surface area contributed by atoms with Crippen molar-refractivity contribution in [2.75, 3.05) is 0 Å². The third-order valence-corrected chi connectivity index (χ3v) is 6.09. The molecule has 0 aromatic heterocycles. The van der Waals surface area contributed by atoms with Gasteiger partial charge in [-0.2, -0.15) is 10.1 Å². The molecule has 0 bridgehead atoms. The normalized spacial score (nSPS) is 14.7. The zero-order valence-corrected chi connectivity index (χ0v) is 19.9. The molecule has 0 spiro atoms. The van der Waals surface area contributed by atoms with Crippen LogP contribution in [0, 0.1) is 35.2 Å². The van der Waals surface area contributed by atoms with Crippen LogP contribution in [0.3, 0.4) is 0 Å². The number of thiocarbonyl (C=S) groups is 1. The molecule has 4 rings (SSSR count). The number of hydrogen-bond donors (Lipinski definition) is 0. The monoisotopic (exact) mass is 489 g/mol. The number of hydrogen-bond acceptors (Lipinski definition) is 4. The molecule has 1 unspecified atom stereocenters. The average Bonchev–Trinajstić information content (AvgIpc) is 2.84. The summed E-state index contributed by atoms with van der Waals surface area (Å²) < 4.78 is 44.2. The van der Waals surface area contributed by atoms with E-state index in [0.717, 1.165) is 24.8 Å². The summed E-state index contributed by atoms with van der Waals surface area (Å²) in [7, 11) is 0. The van der Waals surface area contributed by atoms with Crippen LogP contribution in [0.25, 0.3) is 0 Å². The second kappa shape index (κ2) is 11.2. The van der Waals surface area contributed by atoms with Gasteiger partial charge < -0.3 is 0 Å². The lowest BCUT2D eigenvalue weighted by atomic mass is 9.81. The van der Waals surface area contributed by atoms with Gasteiger partial charge in [0.1, 0.15) is 17.3 Å². The highest BCUT2D eigenvalue weighted by molar-refractivity contribution is 7.78. The highest BCUT2D eigenvalue weighted by atomic mass is 32.1. The summed E-state index contributed by atoms with van der Waals surface area (Å²) in [6.45, 7) is 2.12. The van der Waals surface area contributed by atoms with Crippen LogP contribution in [0.4, 0.5) is 30.2 Å². The predicted molar refractivity (Wildman–Crippen MR) is 134 cm³/mol. The van der Waals surface area contributed by atoms with E-state index in [0.29, 0.717) is 35.7 Å². The fourth-order valence-corrected chi connectivity index (χ4v) is 4.36. The summed E-state index contributed by atoms with van der Waals surface area (Å²) in [5.74, 6) is 3.77. The highest BCUT2D eigenvalue weighted by Crippen LogP contribution is 2.32. The lowest BCUT2D eigenvalue weighted by molar-refractivity contribution is 0.411. The van der Waals surface area contributed by atoms with Crippen molar-refractivity contribution in [3.05, 3.63) is 88.2 Å². The third kappa shape index (κ3) is 5.92. The lowest BCUT2D eigenvalue weighted by Gasteiger charge is -2.25. The molecule has 0 aliphatic heterocycles. The molecule has 176 valence electrons. The average molecular weight is 490 g/mol. The van der Waals surface area contributed by atoms with Gasteiger partial charge in [0, 0.05) is 5.56 Å². The van der Waals surface area contributed by atoms with Gasteiger partial charge >= 0.3 is 0 Å². The Morgan fingerprint density at radius 1 is 0.943 bits per heavy atom. The Kier molecular flexibility index (Phi) is 7.87. The molecule has 35 heavy (non-hydrogen) atoms. The maximum absolute atomic E-state index is 15.0. The van der Waals surface area contributed by atoms with Crippen molar-refractivity contribution in [1.82, 2.24) is 0 Å². The number of isothiocyanates is 1. The second-order valence-electron chi connectivity index (χ2n) is 8.42. The molecule has 3 aromatic rings. The summed E-state index contributed by atoms with van der Waals surface area (Å²) in [5.41, 5.74) is 2.44. The Balaban J connectivity index is 1.52. The summed E-state index contributed by atoms with van der Waals surface area (Å²) in [6, 6.07) is 12.2. The zero-order valence-electron chi connectivity index (χ0n) is 19.1. The molecule has 1 atom stereocenters. The fourth-order valence-electron chi connectivity index (χ4n) is 4.25. The minimum Gasteiger partial charge on any atom is -0.206 e. The minimum absolute atomic E-state index is 0.0179. The van der Waals surface area contributed by atoms with Gasteiger partial charge in [0.2, 0.25) is 0 Å². The zero-order chi connectivity index (χ0) is 24.8. The minimum atomic E-state index is -0.681. The van der Waals surface area contributed by atoms with E-state index in [1.165, 1.54) is 24.3 Å². The molecule has 3 nitrogen and oxygen atoms in total. The lowest BCUT2D eigenvalue weighted by Crippen LogP contribution is -2.17. The van der Waals surface area contributed by atoms with Gasteiger partial charge in [-0.15, -0.1) is 5.11 Å². The number of azo groups is 1. The van der Waals surface area contributed by atoms with Crippen molar-refractivity contribution < 1.29 is 13.2 Å². The first kappa shape index (κ1) is 24.5. The molecular weight excluding hydrogens is 467 g/mol. The van der Waals surface area contributed by atoms with Crippen LogP contribution in [0.5, 0.6) is 0 Å². The van der Waals surface area contributed by atoms with Gasteiger partial charge in [-0.1, -0.05) is 31.6 Å². The Morgan fingerprint density at radius 3 is 2.43 bits per heavy atom. The molecular formula is C28H22F3N3S. The third-order valence-electron chi connectivity index (χ3n) is 6.00. The summed E-state index contributed by atoms with van der Waals surface area (Å²) >= 11 is 4.55. The first-order chi connectivity index (χ1) is 17.0. The molecule has 0 fully saturated rings. The molecule has 0 N–H and O–H groups in total. The van der Waals surface area contributed by atoms with Gasteiger partial charge in [-0.05, 0) is 97.1 Å². The molecule has 0 heterocycles. The Morgan fingerprint density at radius 2 is 1.71 bits per heavy atom. The molecule has 0 saturated heterocycles. The van der Waals surface area contributed by atoms with Gasteiger partial charge in [-0.25, -0.2) is 13.2 Å². The van der Waals surface area contributed by atoms with E-state index in [1.54, 1.807) is 24.3 Å². The number of benzene rings is 3. The Hall–Kier alpha value is -3.59. The van der Waals surface area contributed by atoms with Crippen molar-refractivity contribution in [1.29, 1.82) is 0 Å². The van der Waals surface area contributed by atoms with E-state index in [9.17, 15) is 8.78 Å². The van der Waals surface area contributed by atoms with E-state index in [1.807, 2.05) is 0 Å². The van der Waals surface area contributed by atoms with E-state index >= 15 is 4.39 Å². The van der Waals surface area contributed by atoms with Crippen molar-refractivity contribution in [3.8, 4) is 11.8 Å². The van der Waals surface area contributed by atoms with E-state index in [4.69, 9.17) is 0 Å². The first-order valence-electron chi connectivity index (χ1n) is 11.4. The molecule has 0 amide bonds. The number of fused-ring (bicyclic) bond motifs is 1. The van der Waals surface area contributed by atoms with E-state index < -0.39 is 17.5 Å². The largest absolute Gasteiger partial charge is 0.206 e. The van der Waals surface area contributed by atoms with E-state index in [2.05, 4.69) is 51.4 Å². The molecule has 7 heteroatoms. The number of rotatable bonds is 5. The van der Waals surface area contributed by atoms with E-state index in [-0.39, 0.29) is 16.8 Å².